The fourth-order valence-corrected chi connectivity index (χ4v) is 2.85. The lowest BCUT2D eigenvalue weighted by Crippen LogP contribution is -2.16. The molecule has 1 aromatic heterocycles. The first-order chi connectivity index (χ1) is 10.3. The molecule has 0 radical (unpaired) electrons. The molecule has 1 saturated carbocycles. The van der Waals surface area contributed by atoms with Crippen LogP contribution in [0, 0.1) is 5.82 Å². The second kappa shape index (κ2) is 4.84. The lowest BCUT2D eigenvalue weighted by molar-refractivity contribution is 0.110. The summed E-state index contributed by atoms with van der Waals surface area (Å²) in [7, 11) is 1.55. The van der Waals surface area contributed by atoms with Gasteiger partial charge >= 0.3 is 0 Å². The molecule has 1 aliphatic heterocycles. The Morgan fingerprint density at radius 1 is 1.38 bits per heavy atom. The zero-order valence-corrected chi connectivity index (χ0v) is 11.9. The molecule has 0 amide bonds. The maximum absolute atomic E-state index is 13.9. The number of halogens is 1. The Bertz CT molecular complexity index is 713. The topological polar surface area (TPSA) is 43.4 Å². The summed E-state index contributed by atoms with van der Waals surface area (Å²) in [5, 5.41) is 4.30. The van der Waals surface area contributed by atoms with Gasteiger partial charge in [0.1, 0.15) is 17.1 Å². The van der Waals surface area contributed by atoms with Crippen LogP contribution in [-0.2, 0) is 17.8 Å². The molecule has 0 bridgehead atoms. The van der Waals surface area contributed by atoms with E-state index >= 15 is 0 Å². The third-order valence-corrected chi connectivity index (χ3v) is 4.08. The minimum atomic E-state index is -0.309. The van der Waals surface area contributed by atoms with Gasteiger partial charge in [-0.25, -0.2) is 9.37 Å². The van der Waals surface area contributed by atoms with E-state index in [1.54, 1.807) is 7.11 Å². The minimum absolute atomic E-state index is 0.309. The van der Waals surface area contributed by atoms with Crippen molar-refractivity contribution in [3.05, 3.63) is 29.2 Å². The van der Waals surface area contributed by atoms with Crippen molar-refractivity contribution in [1.29, 1.82) is 0 Å². The highest BCUT2D eigenvalue weighted by atomic mass is 19.1. The van der Waals surface area contributed by atoms with Crippen molar-refractivity contribution in [3.8, 4) is 5.75 Å². The van der Waals surface area contributed by atoms with Crippen LogP contribution in [0.4, 0.5) is 10.1 Å². The van der Waals surface area contributed by atoms with Crippen LogP contribution >= 0.6 is 0 Å². The van der Waals surface area contributed by atoms with Gasteiger partial charge in [-0.3, -0.25) is 0 Å². The fraction of sp³-hybridized carbons (Fsp3) is 0.438. The summed E-state index contributed by atoms with van der Waals surface area (Å²) in [6.45, 7) is 1.21. The quantitative estimate of drug-likeness (QED) is 0.943. The van der Waals surface area contributed by atoms with Gasteiger partial charge in [-0.15, -0.1) is 0 Å². The summed E-state index contributed by atoms with van der Waals surface area (Å²) >= 11 is 0. The Labute approximate surface area is 122 Å². The van der Waals surface area contributed by atoms with Crippen molar-refractivity contribution in [2.24, 2.45) is 0 Å². The summed E-state index contributed by atoms with van der Waals surface area (Å²) in [5.74, 6) is 0.176. The molecule has 110 valence electrons. The molecule has 0 saturated heterocycles. The molecule has 1 aliphatic carbocycles. The number of rotatable bonds is 3. The molecule has 1 fully saturated rings. The molecule has 2 aromatic rings. The number of hydrogen-bond donors (Lipinski definition) is 1. The highest BCUT2D eigenvalue weighted by molar-refractivity contribution is 5.97. The van der Waals surface area contributed by atoms with Crippen molar-refractivity contribution in [2.75, 3.05) is 19.0 Å². The number of benzene rings is 1. The zero-order chi connectivity index (χ0) is 14.4. The van der Waals surface area contributed by atoms with Crippen LogP contribution in [0.1, 0.15) is 24.1 Å². The second-order valence-corrected chi connectivity index (χ2v) is 5.64. The van der Waals surface area contributed by atoms with Crippen molar-refractivity contribution in [3.63, 3.8) is 0 Å². The monoisotopic (exact) mass is 288 g/mol. The molecular formula is C16H17FN2O2. The SMILES string of the molecule is COc1cc(F)cc2c(NC3CC3)c3c(nc12)CCOC3. The summed E-state index contributed by atoms with van der Waals surface area (Å²) in [5.41, 5.74) is 3.79. The van der Waals surface area contributed by atoms with Crippen LogP contribution in [-0.4, -0.2) is 24.7 Å². The third-order valence-electron chi connectivity index (χ3n) is 4.08. The van der Waals surface area contributed by atoms with Gasteiger partial charge in [0.25, 0.3) is 0 Å². The minimum Gasteiger partial charge on any atom is -0.494 e. The first kappa shape index (κ1) is 12.8. The molecule has 4 nitrogen and oxygen atoms in total. The van der Waals surface area contributed by atoms with Gasteiger partial charge in [-0.2, -0.15) is 0 Å². The maximum Gasteiger partial charge on any atom is 0.148 e. The van der Waals surface area contributed by atoms with Gasteiger partial charge in [0.05, 0.1) is 31.7 Å². The van der Waals surface area contributed by atoms with E-state index in [0.717, 1.165) is 47.1 Å². The highest BCUT2D eigenvalue weighted by Crippen LogP contribution is 2.38. The van der Waals surface area contributed by atoms with Crippen molar-refractivity contribution >= 4 is 16.6 Å². The number of methoxy groups -OCH3 is 1. The lowest BCUT2D eigenvalue weighted by Gasteiger charge is -2.22. The van der Waals surface area contributed by atoms with Crippen LogP contribution in [0.5, 0.6) is 5.75 Å². The van der Waals surface area contributed by atoms with E-state index in [-0.39, 0.29) is 5.82 Å². The van der Waals surface area contributed by atoms with E-state index in [9.17, 15) is 4.39 Å². The Morgan fingerprint density at radius 3 is 3.00 bits per heavy atom. The number of ether oxygens (including phenoxy) is 2. The largest absolute Gasteiger partial charge is 0.494 e. The average molecular weight is 288 g/mol. The van der Waals surface area contributed by atoms with Gasteiger partial charge in [-0.1, -0.05) is 0 Å². The van der Waals surface area contributed by atoms with Crippen LogP contribution in [0.25, 0.3) is 10.9 Å². The molecule has 5 heteroatoms. The molecule has 2 aliphatic rings. The number of hydrogen-bond acceptors (Lipinski definition) is 4. The number of aromatic nitrogens is 1. The van der Waals surface area contributed by atoms with Gasteiger partial charge in [-0.05, 0) is 18.9 Å². The Hall–Kier alpha value is -1.88. The Kier molecular flexibility index (Phi) is 2.96. The van der Waals surface area contributed by atoms with Gasteiger partial charge in [0, 0.05) is 29.5 Å². The summed E-state index contributed by atoms with van der Waals surface area (Å²) in [6.07, 6.45) is 3.10. The third kappa shape index (κ3) is 2.21. The molecule has 0 unspecified atom stereocenters. The van der Waals surface area contributed by atoms with Crippen LogP contribution in [0.2, 0.25) is 0 Å². The number of nitrogens with zero attached hydrogens (tertiary/aromatic N) is 1. The number of pyridine rings is 1. The number of nitrogens with one attached hydrogen (secondary N) is 1. The van der Waals surface area contributed by atoms with Gasteiger partial charge in [0.15, 0.2) is 0 Å². The second-order valence-electron chi connectivity index (χ2n) is 5.64. The Balaban J connectivity index is 2.00. The Morgan fingerprint density at radius 2 is 2.24 bits per heavy atom. The maximum atomic E-state index is 13.9. The predicted octanol–water partition coefficient (Wildman–Crippen LogP) is 3.03. The average Bonchev–Trinajstić information content (AvgIpc) is 3.31. The fourth-order valence-electron chi connectivity index (χ4n) is 2.85. The molecule has 1 N–H and O–H groups in total. The molecule has 1 aromatic carbocycles. The summed E-state index contributed by atoms with van der Waals surface area (Å²) in [6, 6.07) is 3.41. The van der Waals surface area contributed by atoms with E-state index < -0.39 is 0 Å². The summed E-state index contributed by atoms with van der Waals surface area (Å²) in [4.78, 5) is 4.70. The van der Waals surface area contributed by atoms with Crippen LogP contribution in [0.15, 0.2) is 12.1 Å². The molecule has 0 atom stereocenters. The van der Waals surface area contributed by atoms with E-state index in [4.69, 9.17) is 14.5 Å². The standard InChI is InChI=1S/C16H17FN2O2/c1-20-14-7-9(17)6-11-15(18-10-2-3-10)12-8-21-5-4-13(12)19-16(11)14/h6-7,10H,2-5,8H2,1H3,(H,18,19). The molecule has 4 rings (SSSR count). The van der Waals surface area contributed by atoms with E-state index in [2.05, 4.69) is 5.32 Å². The highest BCUT2D eigenvalue weighted by Gasteiger charge is 2.26. The first-order valence-electron chi connectivity index (χ1n) is 7.29. The van der Waals surface area contributed by atoms with Gasteiger partial charge in [0.2, 0.25) is 0 Å². The molecule has 2 heterocycles. The smallest absolute Gasteiger partial charge is 0.148 e. The van der Waals surface area contributed by atoms with Crippen molar-refractivity contribution < 1.29 is 13.9 Å². The molecule has 0 spiro atoms. The van der Waals surface area contributed by atoms with Crippen molar-refractivity contribution in [2.45, 2.75) is 31.9 Å². The van der Waals surface area contributed by atoms with Crippen LogP contribution < -0.4 is 10.1 Å². The molecular weight excluding hydrogens is 271 g/mol. The molecule has 21 heavy (non-hydrogen) atoms. The lowest BCUT2D eigenvalue weighted by atomic mass is 10.0. The normalized spacial score (nSPS) is 17.6. The van der Waals surface area contributed by atoms with Crippen LogP contribution in [0.3, 0.4) is 0 Å². The van der Waals surface area contributed by atoms with Crippen molar-refractivity contribution in [1.82, 2.24) is 4.98 Å². The van der Waals surface area contributed by atoms with Gasteiger partial charge < -0.3 is 14.8 Å². The van der Waals surface area contributed by atoms with E-state index in [1.165, 1.54) is 12.1 Å². The van der Waals surface area contributed by atoms with E-state index in [1.807, 2.05) is 0 Å². The van der Waals surface area contributed by atoms with E-state index in [0.29, 0.717) is 25.0 Å². The zero-order valence-electron chi connectivity index (χ0n) is 11.9. The number of anilines is 1. The summed E-state index contributed by atoms with van der Waals surface area (Å²) < 4.78 is 24.8. The number of fused-ring (bicyclic) bond motifs is 2. The predicted molar refractivity (Wildman–Crippen MR) is 78.3 cm³/mol. The first-order valence-corrected chi connectivity index (χ1v) is 7.29.